The molecule has 1 aliphatic carbocycles. The molecule has 3 N–H and O–H groups in total. The first-order valence-corrected chi connectivity index (χ1v) is 13.6. The summed E-state index contributed by atoms with van der Waals surface area (Å²) in [4.78, 5) is 6.63. The number of nitrogens with two attached hydrogens (primary N) is 1. The number of halogens is 1. The van der Waals surface area contributed by atoms with Gasteiger partial charge in [-0.05, 0) is 63.0 Å². The number of fused-ring (bicyclic) bond motifs is 1. The number of likely N-dealkylation sites (N-methyl/N-ethyl adjacent to an activating group) is 1. The van der Waals surface area contributed by atoms with Crippen molar-refractivity contribution in [2.75, 3.05) is 13.6 Å². The van der Waals surface area contributed by atoms with Gasteiger partial charge in [0.25, 0.3) is 0 Å². The van der Waals surface area contributed by atoms with E-state index in [1.54, 1.807) is 12.1 Å². The van der Waals surface area contributed by atoms with Crippen LogP contribution in [0.15, 0.2) is 110 Å². The number of hydrogen-bond acceptors (Lipinski definition) is 4. The van der Waals surface area contributed by atoms with Crippen LogP contribution in [0.4, 0.5) is 4.39 Å². The summed E-state index contributed by atoms with van der Waals surface area (Å²) in [7, 11) is 2.17. The fourth-order valence-corrected chi connectivity index (χ4v) is 4.84. The molecule has 1 saturated carbocycles. The maximum absolute atomic E-state index is 13.0. The molecule has 1 aromatic heterocycles. The van der Waals surface area contributed by atoms with Gasteiger partial charge in [-0.1, -0.05) is 73.3 Å². The minimum absolute atomic E-state index is 0.174. The molecule has 0 spiro atoms. The smallest absolute Gasteiger partial charge is 0.128 e. The van der Waals surface area contributed by atoms with E-state index in [1.807, 2.05) is 42.7 Å². The van der Waals surface area contributed by atoms with Crippen LogP contribution in [0.3, 0.4) is 0 Å². The summed E-state index contributed by atoms with van der Waals surface area (Å²) in [6, 6.07) is 25.8. The molecule has 1 aliphatic heterocycles. The standard InChI is InChI=1S/C14H20N2.C10H10N2.C9H10FN/c1-12(14-9-6-10-16(14)2)15-11-13-7-4-3-5-8-13;1-2-7-12-8-11-9-5-3-4-6-10(9)12;10-8-4-2-1-3-7(8)9(11)5-6-9/h3-5,7-8,14-15H,1,6,9-11H2,2H3;2-6,8H,1,7H2;1-4H,5-6,11H2. The number of nitrogens with zero attached hydrogens (tertiary/aromatic N) is 3. The Bertz CT molecular complexity index is 1360. The molecule has 5 nitrogen and oxygen atoms in total. The van der Waals surface area contributed by atoms with E-state index in [2.05, 4.69) is 70.3 Å². The Labute approximate surface area is 231 Å². The van der Waals surface area contributed by atoms with Crippen LogP contribution in [0.5, 0.6) is 0 Å². The molecule has 2 fully saturated rings. The van der Waals surface area contributed by atoms with Gasteiger partial charge in [-0.15, -0.1) is 6.58 Å². The third-order valence-electron chi connectivity index (χ3n) is 7.34. The molecule has 0 radical (unpaired) electrons. The number of aromatic nitrogens is 2. The van der Waals surface area contributed by atoms with Gasteiger partial charge < -0.3 is 15.6 Å². The molecular formula is C33H40FN5. The lowest BCUT2D eigenvalue weighted by Gasteiger charge is -2.22. The van der Waals surface area contributed by atoms with E-state index in [-0.39, 0.29) is 11.4 Å². The van der Waals surface area contributed by atoms with Gasteiger partial charge in [-0.2, -0.15) is 0 Å². The van der Waals surface area contributed by atoms with E-state index in [0.717, 1.165) is 42.7 Å². The highest BCUT2D eigenvalue weighted by atomic mass is 19.1. The van der Waals surface area contributed by atoms with Gasteiger partial charge in [0, 0.05) is 35.9 Å². The second-order valence-electron chi connectivity index (χ2n) is 10.3. The number of rotatable bonds is 7. The zero-order chi connectivity index (χ0) is 27.7. The summed E-state index contributed by atoms with van der Waals surface area (Å²) < 4.78 is 15.1. The molecule has 204 valence electrons. The van der Waals surface area contributed by atoms with Crippen LogP contribution in [0, 0.1) is 5.82 Å². The van der Waals surface area contributed by atoms with Gasteiger partial charge in [0.05, 0.1) is 17.4 Å². The molecule has 2 heterocycles. The number of hydrogen-bond donors (Lipinski definition) is 2. The molecule has 0 bridgehead atoms. The molecular weight excluding hydrogens is 485 g/mol. The van der Waals surface area contributed by atoms with E-state index < -0.39 is 0 Å². The van der Waals surface area contributed by atoms with E-state index in [0.29, 0.717) is 11.6 Å². The lowest BCUT2D eigenvalue weighted by molar-refractivity contribution is 0.334. The first kappa shape index (κ1) is 28.3. The average Bonchev–Trinajstić information content (AvgIpc) is 3.35. The first-order chi connectivity index (χ1) is 18.9. The molecule has 6 rings (SSSR count). The van der Waals surface area contributed by atoms with Crippen molar-refractivity contribution in [3.63, 3.8) is 0 Å². The van der Waals surface area contributed by atoms with E-state index in [4.69, 9.17) is 5.73 Å². The average molecular weight is 526 g/mol. The van der Waals surface area contributed by atoms with Crippen LogP contribution in [0.25, 0.3) is 11.0 Å². The zero-order valence-electron chi connectivity index (χ0n) is 22.9. The van der Waals surface area contributed by atoms with Crippen molar-refractivity contribution in [2.45, 2.75) is 50.4 Å². The predicted octanol–water partition coefficient (Wildman–Crippen LogP) is 6.38. The van der Waals surface area contributed by atoms with Gasteiger partial charge in [-0.3, -0.25) is 4.90 Å². The maximum atomic E-state index is 13.0. The Hall–Kier alpha value is -3.74. The zero-order valence-corrected chi connectivity index (χ0v) is 22.9. The number of allylic oxidation sites excluding steroid dienone is 1. The number of likely N-dealkylation sites (tertiary alicyclic amines) is 1. The Morgan fingerprint density at radius 1 is 1.08 bits per heavy atom. The van der Waals surface area contributed by atoms with Crippen LogP contribution < -0.4 is 11.1 Å². The fourth-order valence-electron chi connectivity index (χ4n) is 4.84. The van der Waals surface area contributed by atoms with Crippen LogP contribution in [0.2, 0.25) is 0 Å². The van der Waals surface area contributed by atoms with Gasteiger partial charge >= 0.3 is 0 Å². The minimum atomic E-state index is -0.342. The third-order valence-corrected chi connectivity index (χ3v) is 7.34. The lowest BCUT2D eigenvalue weighted by Crippen LogP contribution is -2.32. The van der Waals surface area contributed by atoms with Gasteiger partial charge in [-0.25, -0.2) is 9.37 Å². The summed E-state index contributed by atoms with van der Waals surface area (Å²) in [5, 5.41) is 3.44. The highest BCUT2D eigenvalue weighted by Crippen LogP contribution is 2.43. The van der Waals surface area contributed by atoms with Crippen LogP contribution in [-0.2, 0) is 18.6 Å². The summed E-state index contributed by atoms with van der Waals surface area (Å²) in [5.41, 5.74) is 10.8. The second kappa shape index (κ2) is 13.4. The van der Waals surface area contributed by atoms with E-state index in [9.17, 15) is 4.39 Å². The second-order valence-corrected chi connectivity index (χ2v) is 10.3. The van der Waals surface area contributed by atoms with Crippen LogP contribution in [-0.4, -0.2) is 34.1 Å². The number of benzene rings is 3. The highest BCUT2D eigenvalue weighted by Gasteiger charge is 2.41. The van der Waals surface area contributed by atoms with E-state index >= 15 is 0 Å². The predicted molar refractivity (Wildman–Crippen MR) is 160 cm³/mol. The minimum Gasteiger partial charge on any atom is -0.383 e. The van der Waals surface area contributed by atoms with Crippen LogP contribution >= 0.6 is 0 Å². The van der Waals surface area contributed by atoms with Gasteiger partial charge in [0.15, 0.2) is 0 Å². The molecule has 1 unspecified atom stereocenters. The van der Waals surface area contributed by atoms with Crippen LogP contribution in [0.1, 0.15) is 36.8 Å². The molecule has 6 heteroatoms. The van der Waals surface area contributed by atoms with Crippen molar-refractivity contribution in [3.8, 4) is 0 Å². The monoisotopic (exact) mass is 525 g/mol. The molecule has 0 amide bonds. The van der Waals surface area contributed by atoms with Gasteiger partial charge in [0.1, 0.15) is 5.82 Å². The molecule has 39 heavy (non-hydrogen) atoms. The summed E-state index contributed by atoms with van der Waals surface area (Å²) in [6.45, 7) is 10.7. The van der Waals surface area contributed by atoms with Crippen molar-refractivity contribution in [1.82, 2.24) is 19.8 Å². The Balaban J connectivity index is 0.000000139. The molecule has 2 aliphatic rings. The largest absolute Gasteiger partial charge is 0.383 e. The third kappa shape index (κ3) is 7.65. The normalized spacial score (nSPS) is 17.4. The quantitative estimate of drug-likeness (QED) is 0.275. The maximum Gasteiger partial charge on any atom is 0.128 e. The number of para-hydroxylation sites is 2. The summed E-state index contributed by atoms with van der Waals surface area (Å²) in [5.74, 6) is -0.174. The summed E-state index contributed by atoms with van der Waals surface area (Å²) in [6.07, 6.45) is 8.05. The topological polar surface area (TPSA) is 59.1 Å². The summed E-state index contributed by atoms with van der Waals surface area (Å²) >= 11 is 0. The molecule has 1 saturated heterocycles. The Morgan fingerprint density at radius 2 is 1.77 bits per heavy atom. The highest BCUT2D eigenvalue weighted by molar-refractivity contribution is 5.74. The fraction of sp³-hybridized carbons (Fsp3) is 0.303. The van der Waals surface area contributed by atoms with Gasteiger partial charge in [0.2, 0.25) is 0 Å². The Kier molecular flexibility index (Phi) is 9.69. The molecule has 1 atom stereocenters. The lowest BCUT2D eigenvalue weighted by atomic mass is 10.1. The first-order valence-electron chi connectivity index (χ1n) is 13.6. The molecule has 3 aromatic carbocycles. The number of nitrogens with one attached hydrogen (secondary N) is 1. The SMILES string of the molecule is C=C(NCc1ccccc1)C1CCCN1C.C=CCn1cnc2ccccc21.NC1(c2ccccc2F)CC1. The van der Waals surface area contributed by atoms with Crippen molar-refractivity contribution < 1.29 is 4.39 Å². The van der Waals surface area contributed by atoms with Crippen molar-refractivity contribution >= 4 is 11.0 Å². The van der Waals surface area contributed by atoms with Crippen molar-refractivity contribution in [2.24, 2.45) is 5.73 Å². The number of imidazole rings is 1. The Morgan fingerprint density at radius 3 is 2.44 bits per heavy atom. The van der Waals surface area contributed by atoms with E-state index in [1.165, 1.54) is 31.0 Å². The molecule has 4 aromatic rings. The van der Waals surface area contributed by atoms with Crippen molar-refractivity contribution in [1.29, 1.82) is 0 Å². The van der Waals surface area contributed by atoms with Crippen molar-refractivity contribution in [3.05, 3.63) is 127 Å².